The van der Waals surface area contributed by atoms with Crippen molar-refractivity contribution in [2.75, 3.05) is 5.32 Å². The van der Waals surface area contributed by atoms with Gasteiger partial charge in [-0.05, 0) is 52.7 Å². The highest BCUT2D eigenvalue weighted by Gasteiger charge is 2.13. The van der Waals surface area contributed by atoms with Gasteiger partial charge in [0.1, 0.15) is 23.9 Å². The maximum Gasteiger partial charge on any atom is 0.292 e. The van der Waals surface area contributed by atoms with Crippen molar-refractivity contribution in [1.82, 2.24) is 9.78 Å². The quantitative estimate of drug-likeness (QED) is 0.354. The van der Waals surface area contributed by atoms with Gasteiger partial charge in [0.05, 0.1) is 6.54 Å². The van der Waals surface area contributed by atoms with Gasteiger partial charge in [0.25, 0.3) is 5.91 Å². The first-order chi connectivity index (χ1) is 16.1. The molecule has 1 N–H and O–H groups in total. The standard InChI is InChI=1S/C26H20FN3O3/c27-20-8-10-21(11-9-20)32-17-22-12-13-24(33-22)26(31)28-25-14-15-30(29-25)16-19-6-3-5-18-4-1-2-7-23(18)19/h1-15H,16-17H2,(H,28,29,31). The van der Waals surface area contributed by atoms with E-state index in [1.54, 1.807) is 22.9 Å². The maximum absolute atomic E-state index is 13.0. The fourth-order valence-electron chi connectivity index (χ4n) is 3.56. The van der Waals surface area contributed by atoms with Crippen LogP contribution in [0.3, 0.4) is 0 Å². The van der Waals surface area contributed by atoms with Gasteiger partial charge in [0.2, 0.25) is 0 Å². The molecular weight excluding hydrogens is 421 g/mol. The highest BCUT2D eigenvalue weighted by Crippen LogP contribution is 2.20. The summed E-state index contributed by atoms with van der Waals surface area (Å²) in [5.74, 6) is 0.830. The Kier molecular flexibility index (Phi) is 5.59. The van der Waals surface area contributed by atoms with E-state index in [1.807, 2.05) is 24.4 Å². The van der Waals surface area contributed by atoms with Crippen LogP contribution < -0.4 is 10.1 Å². The van der Waals surface area contributed by atoms with E-state index < -0.39 is 5.91 Å². The third kappa shape index (κ3) is 4.77. The van der Waals surface area contributed by atoms with Crippen molar-refractivity contribution in [3.8, 4) is 5.75 Å². The molecule has 0 unspecified atom stereocenters. The summed E-state index contributed by atoms with van der Waals surface area (Å²) < 4.78 is 25.9. The molecule has 164 valence electrons. The molecule has 0 fully saturated rings. The molecule has 1 amide bonds. The van der Waals surface area contributed by atoms with Gasteiger partial charge < -0.3 is 14.5 Å². The van der Waals surface area contributed by atoms with Crippen LogP contribution in [0, 0.1) is 5.82 Å². The summed E-state index contributed by atoms with van der Waals surface area (Å²) >= 11 is 0. The molecule has 7 heteroatoms. The summed E-state index contributed by atoms with van der Waals surface area (Å²) in [6.07, 6.45) is 1.82. The number of aromatic nitrogens is 2. The highest BCUT2D eigenvalue weighted by atomic mass is 19.1. The second-order valence-corrected chi connectivity index (χ2v) is 7.50. The molecule has 0 aliphatic carbocycles. The van der Waals surface area contributed by atoms with Crippen LogP contribution in [0.15, 0.2) is 95.5 Å². The molecule has 0 saturated carbocycles. The predicted octanol–water partition coefficient (Wildman–Crippen LogP) is 5.65. The molecule has 0 spiro atoms. The van der Waals surface area contributed by atoms with Crippen LogP contribution >= 0.6 is 0 Å². The zero-order valence-electron chi connectivity index (χ0n) is 17.6. The number of ether oxygens (including phenoxy) is 1. The second-order valence-electron chi connectivity index (χ2n) is 7.50. The maximum atomic E-state index is 13.0. The number of carbonyl (C=O) groups is 1. The molecule has 0 bridgehead atoms. The lowest BCUT2D eigenvalue weighted by Gasteiger charge is -2.07. The van der Waals surface area contributed by atoms with Crippen LogP contribution in [-0.4, -0.2) is 15.7 Å². The summed E-state index contributed by atoms with van der Waals surface area (Å²) in [5.41, 5.74) is 1.14. The third-order valence-corrected chi connectivity index (χ3v) is 5.17. The number of halogens is 1. The van der Waals surface area contributed by atoms with E-state index in [0.717, 1.165) is 5.56 Å². The monoisotopic (exact) mass is 441 g/mol. The van der Waals surface area contributed by atoms with Crippen molar-refractivity contribution in [3.05, 3.63) is 114 Å². The number of amides is 1. The molecular formula is C26H20FN3O3. The van der Waals surface area contributed by atoms with Crippen LogP contribution in [0.4, 0.5) is 10.2 Å². The van der Waals surface area contributed by atoms with Crippen molar-refractivity contribution in [3.63, 3.8) is 0 Å². The first-order valence-electron chi connectivity index (χ1n) is 10.4. The fourth-order valence-corrected chi connectivity index (χ4v) is 3.56. The Bertz CT molecular complexity index is 1400. The summed E-state index contributed by atoms with van der Waals surface area (Å²) in [6, 6.07) is 25.0. The summed E-state index contributed by atoms with van der Waals surface area (Å²) in [4.78, 5) is 12.5. The number of rotatable bonds is 7. The second kappa shape index (κ2) is 9.00. The Labute approximate surface area is 189 Å². The van der Waals surface area contributed by atoms with Crippen molar-refractivity contribution in [1.29, 1.82) is 0 Å². The summed E-state index contributed by atoms with van der Waals surface area (Å²) in [5, 5.41) is 9.55. The topological polar surface area (TPSA) is 69.3 Å². The van der Waals surface area contributed by atoms with E-state index in [9.17, 15) is 9.18 Å². The van der Waals surface area contributed by atoms with Gasteiger partial charge >= 0.3 is 0 Å². The van der Waals surface area contributed by atoms with E-state index in [4.69, 9.17) is 9.15 Å². The van der Waals surface area contributed by atoms with Crippen LogP contribution in [0.5, 0.6) is 5.75 Å². The Morgan fingerprint density at radius 1 is 0.970 bits per heavy atom. The molecule has 5 aromatic rings. The molecule has 0 saturated heterocycles. The molecule has 2 heterocycles. The smallest absolute Gasteiger partial charge is 0.292 e. The van der Waals surface area contributed by atoms with Crippen LogP contribution in [0.2, 0.25) is 0 Å². The van der Waals surface area contributed by atoms with Gasteiger partial charge in [0, 0.05) is 12.3 Å². The number of nitrogens with one attached hydrogen (secondary N) is 1. The minimum atomic E-state index is -0.404. The third-order valence-electron chi connectivity index (χ3n) is 5.17. The molecule has 6 nitrogen and oxygen atoms in total. The fraction of sp³-hybridized carbons (Fsp3) is 0.0769. The number of hydrogen-bond acceptors (Lipinski definition) is 4. The Balaban J connectivity index is 1.21. The molecule has 2 aromatic heterocycles. The zero-order chi connectivity index (χ0) is 22.6. The van der Waals surface area contributed by atoms with E-state index >= 15 is 0 Å². The van der Waals surface area contributed by atoms with Crippen molar-refractivity contribution in [2.24, 2.45) is 0 Å². The normalized spacial score (nSPS) is 10.9. The molecule has 0 aliphatic rings. The van der Waals surface area contributed by atoms with E-state index in [-0.39, 0.29) is 18.2 Å². The van der Waals surface area contributed by atoms with Crippen LogP contribution in [0.1, 0.15) is 21.9 Å². The van der Waals surface area contributed by atoms with E-state index in [1.165, 1.54) is 35.0 Å². The van der Waals surface area contributed by atoms with Gasteiger partial charge in [-0.15, -0.1) is 0 Å². The number of fused-ring (bicyclic) bond motifs is 1. The number of carbonyl (C=O) groups excluding carboxylic acids is 1. The first-order valence-corrected chi connectivity index (χ1v) is 10.4. The number of anilines is 1. The van der Waals surface area contributed by atoms with Gasteiger partial charge in [-0.25, -0.2) is 4.39 Å². The van der Waals surface area contributed by atoms with Gasteiger partial charge in [-0.2, -0.15) is 5.10 Å². The van der Waals surface area contributed by atoms with E-state index in [0.29, 0.717) is 23.9 Å². The van der Waals surface area contributed by atoms with Crippen molar-refractivity contribution < 1.29 is 18.3 Å². The molecule has 33 heavy (non-hydrogen) atoms. The number of furan rings is 1. The predicted molar refractivity (Wildman–Crippen MR) is 123 cm³/mol. The molecule has 0 radical (unpaired) electrons. The Hall–Kier alpha value is -4.39. The lowest BCUT2D eigenvalue weighted by Crippen LogP contribution is -2.12. The van der Waals surface area contributed by atoms with Crippen LogP contribution in [0.25, 0.3) is 10.8 Å². The molecule has 3 aromatic carbocycles. The molecule has 0 atom stereocenters. The molecule has 0 aliphatic heterocycles. The number of hydrogen-bond donors (Lipinski definition) is 1. The lowest BCUT2D eigenvalue weighted by molar-refractivity contribution is 0.0992. The summed E-state index contributed by atoms with van der Waals surface area (Å²) in [7, 11) is 0. The largest absolute Gasteiger partial charge is 0.486 e. The number of benzene rings is 3. The van der Waals surface area contributed by atoms with E-state index in [2.05, 4.69) is 34.7 Å². The van der Waals surface area contributed by atoms with Crippen molar-refractivity contribution in [2.45, 2.75) is 13.2 Å². The number of nitrogens with zero attached hydrogens (tertiary/aromatic N) is 2. The lowest BCUT2D eigenvalue weighted by atomic mass is 10.0. The highest BCUT2D eigenvalue weighted by molar-refractivity contribution is 6.01. The minimum Gasteiger partial charge on any atom is -0.486 e. The van der Waals surface area contributed by atoms with Crippen molar-refractivity contribution >= 4 is 22.5 Å². The van der Waals surface area contributed by atoms with Crippen LogP contribution in [-0.2, 0) is 13.2 Å². The van der Waals surface area contributed by atoms with Gasteiger partial charge in [0.15, 0.2) is 11.6 Å². The summed E-state index contributed by atoms with van der Waals surface area (Å²) in [6.45, 7) is 0.710. The average molecular weight is 441 g/mol. The Morgan fingerprint density at radius 2 is 1.79 bits per heavy atom. The zero-order valence-corrected chi connectivity index (χ0v) is 17.6. The minimum absolute atomic E-state index is 0.124. The van der Waals surface area contributed by atoms with Gasteiger partial charge in [-0.3, -0.25) is 9.48 Å². The Morgan fingerprint density at radius 3 is 2.67 bits per heavy atom. The molecule has 5 rings (SSSR count). The SMILES string of the molecule is O=C(Nc1ccn(Cc2cccc3ccccc23)n1)c1ccc(COc2ccc(F)cc2)o1. The first kappa shape index (κ1) is 20.5. The van der Waals surface area contributed by atoms with Gasteiger partial charge in [-0.1, -0.05) is 42.5 Å². The average Bonchev–Trinajstić information content (AvgIpc) is 3.49.